The van der Waals surface area contributed by atoms with Gasteiger partial charge in [0.15, 0.2) is 17.3 Å². The van der Waals surface area contributed by atoms with Crippen molar-refractivity contribution in [2.24, 2.45) is 11.8 Å². The number of hydrogen-bond donors (Lipinski definition) is 1. The monoisotopic (exact) mass is 373 g/mol. The van der Waals surface area contributed by atoms with Crippen molar-refractivity contribution in [2.75, 3.05) is 21.3 Å². The smallest absolute Gasteiger partial charge is 0.316 e. The van der Waals surface area contributed by atoms with Crippen LogP contribution in [0.15, 0.2) is 29.5 Å². The fourth-order valence-corrected chi connectivity index (χ4v) is 4.05. The number of hydrogen-bond acceptors (Lipinski definition) is 6. The number of carbonyl (C=O) groups excluding carboxylic acids is 3. The lowest BCUT2D eigenvalue weighted by atomic mass is 9.70. The second-order valence-electron chi connectivity index (χ2n) is 6.83. The number of ketones is 1. The van der Waals surface area contributed by atoms with E-state index in [1.54, 1.807) is 12.1 Å². The Kier molecular flexibility index (Phi) is 5.21. The van der Waals surface area contributed by atoms with Gasteiger partial charge in [0.1, 0.15) is 5.92 Å². The lowest BCUT2D eigenvalue weighted by molar-refractivity contribution is -0.151. The van der Waals surface area contributed by atoms with Gasteiger partial charge in [0.2, 0.25) is 5.91 Å². The molecule has 2 aliphatic rings. The number of esters is 1. The molecule has 1 heterocycles. The predicted octanol–water partition coefficient (Wildman–Crippen LogP) is 1.96. The quantitative estimate of drug-likeness (QED) is 0.641. The second kappa shape index (κ2) is 7.42. The molecule has 0 saturated carbocycles. The van der Waals surface area contributed by atoms with Gasteiger partial charge in [0.25, 0.3) is 0 Å². The molecule has 0 fully saturated rings. The van der Waals surface area contributed by atoms with Crippen molar-refractivity contribution in [3.05, 3.63) is 35.0 Å². The zero-order chi connectivity index (χ0) is 19.7. The number of benzene rings is 1. The molecule has 0 radical (unpaired) electrons. The molecule has 1 aromatic carbocycles. The van der Waals surface area contributed by atoms with Crippen LogP contribution >= 0.6 is 0 Å². The maximum Gasteiger partial charge on any atom is 0.316 e. The molecule has 0 spiro atoms. The summed E-state index contributed by atoms with van der Waals surface area (Å²) >= 11 is 0. The minimum absolute atomic E-state index is 0.0936. The Morgan fingerprint density at radius 3 is 2.48 bits per heavy atom. The third kappa shape index (κ3) is 3.18. The molecule has 3 rings (SSSR count). The van der Waals surface area contributed by atoms with E-state index in [0.717, 1.165) is 0 Å². The van der Waals surface area contributed by atoms with Crippen molar-refractivity contribution in [3.63, 3.8) is 0 Å². The van der Waals surface area contributed by atoms with E-state index in [1.807, 2.05) is 13.0 Å². The van der Waals surface area contributed by atoms with Gasteiger partial charge in [-0.25, -0.2) is 0 Å². The fourth-order valence-electron chi connectivity index (χ4n) is 4.05. The van der Waals surface area contributed by atoms with Gasteiger partial charge in [-0.05, 0) is 18.4 Å². The first-order chi connectivity index (χ1) is 12.9. The summed E-state index contributed by atoms with van der Waals surface area (Å²) in [6.45, 7) is 1.81. The van der Waals surface area contributed by atoms with Crippen LogP contribution in [0, 0.1) is 11.8 Å². The van der Waals surface area contributed by atoms with Gasteiger partial charge in [-0.2, -0.15) is 0 Å². The third-order valence-electron chi connectivity index (χ3n) is 5.26. The van der Waals surface area contributed by atoms with Gasteiger partial charge in [-0.15, -0.1) is 0 Å². The maximum absolute atomic E-state index is 13.2. The molecule has 1 N–H and O–H groups in total. The van der Waals surface area contributed by atoms with E-state index in [2.05, 4.69) is 5.32 Å². The van der Waals surface area contributed by atoms with E-state index >= 15 is 0 Å². The lowest BCUT2D eigenvalue weighted by Gasteiger charge is -2.36. The number of methoxy groups -OCH3 is 3. The molecule has 1 aromatic rings. The normalized spacial score (nSPS) is 24.8. The summed E-state index contributed by atoms with van der Waals surface area (Å²) in [5.41, 5.74) is 1.72. The van der Waals surface area contributed by atoms with Gasteiger partial charge in [0, 0.05) is 29.2 Å². The summed E-state index contributed by atoms with van der Waals surface area (Å²) in [5.74, 6) is -1.65. The summed E-state index contributed by atoms with van der Waals surface area (Å²) in [6.07, 6.45) is 0.520. The second-order valence-corrected chi connectivity index (χ2v) is 6.83. The van der Waals surface area contributed by atoms with Crippen LogP contribution in [0.3, 0.4) is 0 Å². The number of Topliss-reactive ketones (excluding diaryl/α,β-unsaturated/α-hetero) is 1. The molecule has 0 aromatic heterocycles. The van der Waals surface area contributed by atoms with E-state index in [9.17, 15) is 14.4 Å². The minimum atomic E-state index is -0.872. The lowest BCUT2D eigenvalue weighted by Crippen LogP contribution is -2.44. The molecule has 1 aliphatic carbocycles. The fraction of sp³-hybridized carbons (Fsp3) is 0.450. The maximum atomic E-state index is 13.2. The molecular weight excluding hydrogens is 350 g/mol. The topological polar surface area (TPSA) is 90.9 Å². The summed E-state index contributed by atoms with van der Waals surface area (Å²) in [6, 6.07) is 5.35. The number of allylic oxidation sites excluding steroid dienone is 2. The van der Waals surface area contributed by atoms with Crippen molar-refractivity contribution in [1.82, 2.24) is 5.32 Å². The number of carbonyl (C=O) groups is 3. The molecule has 3 atom stereocenters. The summed E-state index contributed by atoms with van der Waals surface area (Å²) in [4.78, 5) is 37.7. The summed E-state index contributed by atoms with van der Waals surface area (Å²) < 4.78 is 15.7. The van der Waals surface area contributed by atoms with Crippen LogP contribution < -0.4 is 14.8 Å². The van der Waals surface area contributed by atoms with Gasteiger partial charge in [-0.1, -0.05) is 19.1 Å². The predicted molar refractivity (Wildman–Crippen MR) is 96.4 cm³/mol. The Labute approximate surface area is 157 Å². The van der Waals surface area contributed by atoms with Crippen LogP contribution in [0.25, 0.3) is 0 Å². The highest BCUT2D eigenvalue weighted by atomic mass is 16.5. The van der Waals surface area contributed by atoms with Crippen LogP contribution in [-0.4, -0.2) is 39.0 Å². The van der Waals surface area contributed by atoms with Crippen molar-refractivity contribution >= 4 is 17.7 Å². The van der Waals surface area contributed by atoms with Crippen molar-refractivity contribution in [1.29, 1.82) is 0 Å². The van der Waals surface area contributed by atoms with Gasteiger partial charge < -0.3 is 19.5 Å². The zero-order valence-electron chi connectivity index (χ0n) is 15.8. The summed E-state index contributed by atoms with van der Waals surface area (Å²) in [7, 11) is 4.32. The van der Waals surface area contributed by atoms with Crippen LogP contribution in [0.5, 0.6) is 11.5 Å². The Balaban J connectivity index is 2.14. The molecule has 144 valence electrons. The standard InChI is InChI=1S/C20H23NO6/c1-10-8-13-17(18(23)16(10)20(24)27-4)12(9-15(22)21-13)11-6-5-7-14(25-2)19(11)26-3/h5-7,10,12,16H,8-9H2,1-4H3,(H,21,22)/t10-,12-,16-/m1/s1. The van der Waals surface area contributed by atoms with E-state index in [1.165, 1.54) is 21.3 Å². The molecule has 7 nitrogen and oxygen atoms in total. The molecule has 1 amide bonds. The average molecular weight is 373 g/mol. The molecule has 1 aliphatic heterocycles. The van der Waals surface area contributed by atoms with Crippen LogP contribution in [0.2, 0.25) is 0 Å². The SMILES string of the molecule is COC(=O)[C@H]1C(=O)C2=C(C[C@H]1C)NC(=O)C[C@@H]2c1cccc(OC)c1OC. The van der Waals surface area contributed by atoms with Crippen LogP contribution in [0.4, 0.5) is 0 Å². The van der Waals surface area contributed by atoms with Crippen molar-refractivity contribution < 1.29 is 28.6 Å². The molecular formula is C20H23NO6. The van der Waals surface area contributed by atoms with E-state index in [-0.39, 0.29) is 24.0 Å². The number of amides is 1. The summed E-state index contributed by atoms with van der Waals surface area (Å²) in [5, 5.41) is 2.82. The van der Waals surface area contributed by atoms with Gasteiger partial charge >= 0.3 is 5.97 Å². The van der Waals surface area contributed by atoms with E-state index in [4.69, 9.17) is 14.2 Å². The highest BCUT2D eigenvalue weighted by Crippen LogP contribution is 2.46. The number of para-hydroxylation sites is 1. The Bertz CT molecular complexity index is 828. The molecule has 27 heavy (non-hydrogen) atoms. The number of nitrogens with one attached hydrogen (secondary N) is 1. The minimum Gasteiger partial charge on any atom is -0.493 e. The first-order valence-corrected chi connectivity index (χ1v) is 8.78. The first kappa shape index (κ1) is 18.9. The van der Waals surface area contributed by atoms with E-state index in [0.29, 0.717) is 34.8 Å². The highest BCUT2D eigenvalue weighted by Gasteiger charge is 2.46. The number of rotatable bonds is 4. The third-order valence-corrected chi connectivity index (χ3v) is 5.26. The Hall–Kier alpha value is -2.83. The molecule has 0 unspecified atom stereocenters. The zero-order valence-corrected chi connectivity index (χ0v) is 15.8. The Morgan fingerprint density at radius 2 is 1.85 bits per heavy atom. The largest absolute Gasteiger partial charge is 0.493 e. The molecule has 0 bridgehead atoms. The van der Waals surface area contributed by atoms with Crippen LogP contribution in [-0.2, 0) is 19.1 Å². The first-order valence-electron chi connectivity index (χ1n) is 8.78. The average Bonchev–Trinajstić information content (AvgIpc) is 2.65. The van der Waals surface area contributed by atoms with E-state index < -0.39 is 17.8 Å². The highest BCUT2D eigenvalue weighted by molar-refractivity contribution is 6.11. The molecule has 7 heteroatoms. The molecule has 0 saturated heterocycles. The van der Waals surface area contributed by atoms with Crippen molar-refractivity contribution in [2.45, 2.75) is 25.7 Å². The van der Waals surface area contributed by atoms with Gasteiger partial charge in [-0.3, -0.25) is 14.4 Å². The van der Waals surface area contributed by atoms with Crippen LogP contribution in [0.1, 0.15) is 31.2 Å². The number of ether oxygens (including phenoxy) is 3. The van der Waals surface area contributed by atoms with Gasteiger partial charge in [0.05, 0.1) is 21.3 Å². The van der Waals surface area contributed by atoms with Crippen molar-refractivity contribution in [3.8, 4) is 11.5 Å². The Morgan fingerprint density at radius 1 is 1.11 bits per heavy atom.